The maximum Gasteiger partial charge on any atom is 0.219 e. The van der Waals surface area contributed by atoms with Crippen molar-refractivity contribution in [1.29, 1.82) is 0 Å². The van der Waals surface area contributed by atoms with Crippen LogP contribution in [0.25, 0.3) is 0 Å². The second kappa shape index (κ2) is 6.82. The number of allylic oxidation sites excluding steroid dienone is 1. The van der Waals surface area contributed by atoms with Crippen molar-refractivity contribution in [1.82, 2.24) is 10.3 Å². The van der Waals surface area contributed by atoms with Crippen molar-refractivity contribution in [2.45, 2.75) is 25.3 Å². The number of Topliss-reactive ketones (excluding diaryl/α,β-unsaturated/α-hetero) is 1. The van der Waals surface area contributed by atoms with Crippen LogP contribution in [-0.4, -0.2) is 37.4 Å². The molecule has 4 rings (SSSR count). The summed E-state index contributed by atoms with van der Waals surface area (Å²) in [6, 6.07) is 3.05. The van der Waals surface area contributed by atoms with Gasteiger partial charge in [-0.2, -0.15) is 0 Å². The molecule has 0 saturated heterocycles. The number of nitrogens with one attached hydrogen (secondary N) is 2. The van der Waals surface area contributed by atoms with Gasteiger partial charge in [-0.1, -0.05) is 0 Å². The Labute approximate surface area is 155 Å². The molecule has 0 radical (unpaired) electrons. The molecule has 0 unspecified atom stereocenters. The Bertz CT molecular complexity index is 920. The second-order valence-electron chi connectivity index (χ2n) is 6.28. The average Bonchev–Trinajstić information content (AvgIpc) is 3.05. The molecule has 142 valence electrons. The number of fused-ring (bicyclic) bond motifs is 1. The van der Waals surface area contributed by atoms with Crippen LogP contribution >= 0.6 is 0 Å². The maximum absolute atomic E-state index is 12.8. The van der Waals surface area contributed by atoms with Crippen LogP contribution in [0.2, 0.25) is 0 Å². The van der Waals surface area contributed by atoms with Gasteiger partial charge in [0.2, 0.25) is 11.6 Å². The lowest BCUT2D eigenvalue weighted by atomic mass is 9.86. The summed E-state index contributed by atoms with van der Waals surface area (Å²) in [5.41, 5.74) is 2.19. The Hall–Kier alpha value is -3.23. The number of aromatic nitrogens is 2. The minimum absolute atomic E-state index is 0.0696. The Kier molecular flexibility index (Phi) is 4.35. The van der Waals surface area contributed by atoms with Gasteiger partial charge < -0.3 is 24.8 Å². The molecule has 0 bridgehead atoms. The highest BCUT2D eigenvalue weighted by Crippen LogP contribution is 2.45. The molecule has 2 N–H and O–H groups in total. The topological polar surface area (TPSA) is 108 Å². The zero-order valence-electron chi connectivity index (χ0n) is 15.3. The van der Waals surface area contributed by atoms with E-state index in [-0.39, 0.29) is 5.78 Å². The van der Waals surface area contributed by atoms with Crippen molar-refractivity contribution in [3.8, 4) is 17.2 Å². The molecule has 0 fully saturated rings. The van der Waals surface area contributed by atoms with Gasteiger partial charge in [0, 0.05) is 29.3 Å². The average molecular weight is 372 g/mol. The molecular weight excluding hydrogens is 352 g/mol. The van der Waals surface area contributed by atoms with Crippen LogP contribution in [0.1, 0.15) is 30.9 Å². The highest BCUT2D eigenvalue weighted by Gasteiger charge is 2.35. The molecule has 2 aromatic rings. The molecule has 1 aromatic heterocycles. The monoisotopic (exact) mass is 372 g/mol. The minimum Gasteiger partial charge on any atom is -0.496 e. The Morgan fingerprint density at radius 2 is 1.70 bits per heavy atom. The van der Waals surface area contributed by atoms with E-state index in [1.54, 1.807) is 33.5 Å². The fourth-order valence-corrected chi connectivity index (χ4v) is 3.56. The van der Waals surface area contributed by atoms with Gasteiger partial charge in [-0.15, -0.1) is 0 Å². The third-order valence-electron chi connectivity index (χ3n) is 4.83. The van der Waals surface area contributed by atoms with Crippen LogP contribution < -0.4 is 24.8 Å². The number of ether oxygens (including phenoxy) is 3. The number of nitrogens with zero attached hydrogens (tertiary/aromatic N) is 2. The van der Waals surface area contributed by atoms with Gasteiger partial charge in [-0.05, 0) is 29.2 Å². The lowest BCUT2D eigenvalue weighted by Gasteiger charge is -2.26. The van der Waals surface area contributed by atoms with Crippen LogP contribution in [0.15, 0.2) is 28.0 Å². The number of carbonyl (C=O) groups is 1. The van der Waals surface area contributed by atoms with Gasteiger partial charge in [0.05, 0.1) is 27.4 Å². The number of anilines is 2. The molecule has 27 heavy (non-hydrogen) atoms. The first-order valence-electron chi connectivity index (χ1n) is 8.58. The van der Waals surface area contributed by atoms with Gasteiger partial charge in [0.1, 0.15) is 5.75 Å². The lowest BCUT2D eigenvalue weighted by Crippen LogP contribution is -2.24. The van der Waals surface area contributed by atoms with Crippen molar-refractivity contribution < 1.29 is 23.6 Å². The van der Waals surface area contributed by atoms with E-state index in [0.29, 0.717) is 40.9 Å². The minimum atomic E-state index is -0.497. The van der Waals surface area contributed by atoms with E-state index >= 15 is 0 Å². The number of hydrogen-bond donors (Lipinski definition) is 2. The van der Waals surface area contributed by atoms with Crippen molar-refractivity contribution in [2.24, 2.45) is 0 Å². The first-order valence-corrected chi connectivity index (χ1v) is 8.58. The molecule has 9 nitrogen and oxygen atoms in total. The number of carbonyl (C=O) groups excluding carboxylic acids is 1. The molecule has 1 aromatic carbocycles. The van der Waals surface area contributed by atoms with Crippen LogP contribution in [0, 0.1) is 0 Å². The normalized spacial score (nSPS) is 18.6. The molecule has 0 spiro atoms. The highest BCUT2D eigenvalue weighted by molar-refractivity contribution is 6.00. The predicted molar refractivity (Wildman–Crippen MR) is 96.3 cm³/mol. The van der Waals surface area contributed by atoms with Crippen molar-refractivity contribution in [2.75, 3.05) is 32.0 Å². The Balaban J connectivity index is 1.91. The molecule has 1 aliphatic carbocycles. The van der Waals surface area contributed by atoms with Gasteiger partial charge >= 0.3 is 0 Å². The van der Waals surface area contributed by atoms with Gasteiger partial charge in [-0.25, -0.2) is 4.63 Å². The summed E-state index contributed by atoms with van der Waals surface area (Å²) in [6.45, 7) is 0. The van der Waals surface area contributed by atoms with Gasteiger partial charge in [-0.3, -0.25) is 4.79 Å². The summed E-state index contributed by atoms with van der Waals surface area (Å²) in [4.78, 5) is 12.8. The SMILES string of the molecule is COc1cc(OC)c([C@H]2Nc3nonc3NC3=C2C(=O)CCC3)cc1OC. The van der Waals surface area contributed by atoms with Crippen LogP contribution in [-0.2, 0) is 4.79 Å². The fraction of sp³-hybridized carbons (Fsp3) is 0.389. The van der Waals surface area contributed by atoms with E-state index in [1.807, 2.05) is 0 Å². The van der Waals surface area contributed by atoms with Gasteiger partial charge in [0.15, 0.2) is 17.3 Å². The molecule has 1 aliphatic heterocycles. The number of benzene rings is 1. The van der Waals surface area contributed by atoms with Gasteiger partial charge in [0.25, 0.3) is 0 Å². The van der Waals surface area contributed by atoms with Crippen LogP contribution in [0.4, 0.5) is 11.6 Å². The van der Waals surface area contributed by atoms with Crippen LogP contribution in [0.3, 0.4) is 0 Å². The molecule has 2 aliphatic rings. The van der Waals surface area contributed by atoms with E-state index in [1.165, 1.54) is 0 Å². The third kappa shape index (κ3) is 2.84. The summed E-state index contributed by atoms with van der Waals surface area (Å²) in [5.74, 6) is 2.60. The molecule has 1 atom stereocenters. The summed E-state index contributed by atoms with van der Waals surface area (Å²) >= 11 is 0. The van der Waals surface area contributed by atoms with E-state index in [0.717, 1.165) is 24.1 Å². The first-order chi connectivity index (χ1) is 13.2. The quantitative estimate of drug-likeness (QED) is 0.837. The Morgan fingerprint density at radius 3 is 2.44 bits per heavy atom. The number of methoxy groups -OCH3 is 3. The summed E-state index contributed by atoms with van der Waals surface area (Å²) in [7, 11) is 4.69. The molecule has 2 heterocycles. The van der Waals surface area contributed by atoms with E-state index in [4.69, 9.17) is 18.8 Å². The number of rotatable bonds is 4. The van der Waals surface area contributed by atoms with Crippen molar-refractivity contribution >= 4 is 17.4 Å². The summed E-state index contributed by atoms with van der Waals surface area (Å²) in [5, 5.41) is 14.3. The van der Waals surface area contributed by atoms with Crippen molar-refractivity contribution in [3.05, 3.63) is 29.0 Å². The lowest BCUT2D eigenvalue weighted by molar-refractivity contribution is -0.116. The maximum atomic E-state index is 12.8. The van der Waals surface area contributed by atoms with E-state index in [2.05, 4.69) is 20.9 Å². The zero-order valence-corrected chi connectivity index (χ0v) is 15.3. The standard InChI is InChI=1S/C18H20N4O5/c1-24-12-8-14(26-3)13(25-2)7-9(12)16-15-10(5-4-6-11(15)23)19-17-18(20-16)22-27-21-17/h7-8,16H,4-6H2,1-3H3,(H,19,21)(H,20,22)/t16-/m1/s1. The van der Waals surface area contributed by atoms with E-state index < -0.39 is 6.04 Å². The summed E-state index contributed by atoms with van der Waals surface area (Å²) < 4.78 is 21.2. The van der Waals surface area contributed by atoms with Crippen molar-refractivity contribution in [3.63, 3.8) is 0 Å². The second-order valence-corrected chi connectivity index (χ2v) is 6.28. The first kappa shape index (κ1) is 17.2. The third-order valence-corrected chi connectivity index (χ3v) is 4.83. The fourth-order valence-electron chi connectivity index (χ4n) is 3.56. The molecular formula is C18H20N4O5. The highest BCUT2D eigenvalue weighted by atomic mass is 16.6. The predicted octanol–water partition coefficient (Wildman–Crippen LogP) is 2.68. The smallest absolute Gasteiger partial charge is 0.219 e. The number of hydrogen-bond acceptors (Lipinski definition) is 9. The molecule has 9 heteroatoms. The Morgan fingerprint density at radius 1 is 1.00 bits per heavy atom. The molecule has 0 amide bonds. The molecule has 0 saturated carbocycles. The zero-order chi connectivity index (χ0) is 19.0. The number of ketones is 1. The largest absolute Gasteiger partial charge is 0.496 e. The van der Waals surface area contributed by atoms with E-state index in [9.17, 15) is 4.79 Å². The summed E-state index contributed by atoms with van der Waals surface area (Å²) in [6.07, 6.45) is 2.01. The van der Waals surface area contributed by atoms with Crippen LogP contribution in [0.5, 0.6) is 17.2 Å².